The van der Waals surface area contributed by atoms with Gasteiger partial charge in [0.2, 0.25) is 0 Å². The molecule has 1 aromatic heterocycles. The molecule has 0 aliphatic carbocycles. The van der Waals surface area contributed by atoms with Gasteiger partial charge in [0.25, 0.3) is 0 Å². The first-order valence-electron chi connectivity index (χ1n) is 6.35. The van der Waals surface area contributed by atoms with Crippen LogP contribution in [-0.2, 0) is 0 Å². The van der Waals surface area contributed by atoms with Crippen molar-refractivity contribution in [3.63, 3.8) is 0 Å². The third kappa shape index (κ3) is 3.40. The van der Waals surface area contributed by atoms with Gasteiger partial charge in [-0.2, -0.15) is 0 Å². The summed E-state index contributed by atoms with van der Waals surface area (Å²) in [5.41, 5.74) is 4.05. The van der Waals surface area contributed by atoms with Gasteiger partial charge in [-0.1, -0.05) is 22.0 Å². The number of hydrogen-bond acceptors (Lipinski definition) is 4. The van der Waals surface area contributed by atoms with E-state index in [-0.39, 0.29) is 0 Å². The normalized spacial score (nSPS) is 12.5. The molecule has 0 radical (unpaired) electrons. The molecule has 1 heterocycles. The minimum absolute atomic E-state index is 0.483. The highest BCUT2D eigenvalue weighted by molar-refractivity contribution is 9.10. The van der Waals surface area contributed by atoms with Gasteiger partial charge in [-0.3, -0.25) is 0 Å². The van der Waals surface area contributed by atoms with Gasteiger partial charge in [0.15, 0.2) is 5.16 Å². The van der Waals surface area contributed by atoms with Gasteiger partial charge in [-0.25, -0.2) is 9.97 Å². The van der Waals surface area contributed by atoms with Crippen molar-refractivity contribution in [1.29, 1.82) is 0 Å². The van der Waals surface area contributed by atoms with Crippen LogP contribution in [0.1, 0.15) is 35.5 Å². The summed E-state index contributed by atoms with van der Waals surface area (Å²) in [7, 11) is 0. The molecule has 1 N–H and O–H groups in total. The summed E-state index contributed by atoms with van der Waals surface area (Å²) >= 11 is 5.01. The summed E-state index contributed by atoms with van der Waals surface area (Å²) in [4.78, 5) is 10.1. The molecule has 1 atom stereocenters. The second-order valence-electron chi connectivity index (χ2n) is 4.76. The highest BCUT2D eigenvalue weighted by Gasteiger charge is 2.10. The Balaban J connectivity index is 2.29. The molecule has 0 spiro atoms. The molecule has 0 bridgehead atoms. The molecular formula is C15H17BrN2OS. The second kappa shape index (κ2) is 6.24. The van der Waals surface area contributed by atoms with Crippen LogP contribution in [0, 0.1) is 20.8 Å². The summed E-state index contributed by atoms with van der Waals surface area (Å²) in [6.45, 7) is 7.79. The molecule has 0 amide bonds. The smallest absolute Gasteiger partial charge is 0.192 e. The minimum Gasteiger partial charge on any atom is -0.389 e. The first kappa shape index (κ1) is 15.5. The lowest BCUT2D eigenvalue weighted by atomic mass is 10.1. The monoisotopic (exact) mass is 352 g/mol. The van der Waals surface area contributed by atoms with Crippen molar-refractivity contribution < 1.29 is 5.11 Å². The van der Waals surface area contributed by atoms with E-state index in [0.717, 1.165) is 37.0 Å². The van der Waals surface area contributed by atoms with Crippen molar-refractivity contribution in [3.05, 3.63) is 45.2 Å². The summed E-state index contributed by atoms with van der Waals surface area (Å²) in [5, 5.41) is 10.4. The van der Waals surface area contributed by atoms with Crippen LogP contribution in [0.5, 0.6) is 0 Å². The second-order valence-corrected chi connectivity index (χ2v) is 6.66. The topological polar surface area (TPSA) is 46.0 Å². The highest BCUT2D eigenvalue weighted by atomic mass is 79.9. The lowest BCUT2D eigenvalue weighted by Gasteiger charge is -2.10. The molecule has 2 aromatic rings. The number of aryl methyl sites for hydroxylation is 2. The Hall–Kier alpha value is -0.910. The van der Waals surface area contributed by atoms with E-state index in [1.54, 1.807) is 6.92 Å². The van der Waals surface area contributed by atoms with Gasteiger partial charge in [-0.15, -0.1) is 0 Å². The predicted molar refractivity (Wildman–Crippen MR) is 85.1 cm³/mol. The van der Waals surface area contributed by atoms with Crippen LogP contribution in [0.3, 0.4) is 0 Å². The fraction of sp³-hybridized carbons (Fsp3) is 0.333. The summed E-state index contributed by atoms with van der Waals surface area (Å²) in [6.07, 6.45) is -0.483. The number of nitrogens with zero attached hydrogens (tertiary/aromatic N) is 2. The van der Waals surface area contributed by atoms with Crippen LogP contribution >= 0.6 is 27.7 Å². The van der Waals surface area contributed by atoms with E-state index < -0.39 is 6.10 Å². The minimum atomic E-state index is -0.483. The van der Waals surface area contributed by atoms with Crippen molar-refractivity contribution >= 4 is 27.7 Å². The first-order chi connectivity index (χ1) is 9.38. The van der Waals surface area contributed by atoms with E-state index in [1.807, 2.05) is 39.0 Å². The Kier molecular flexibility index (Phi) is 4.83. The number of aromatic nitrogens is 2. The van der Waals surface area contributed by atoms with Crippen LogP contribution in [-0.4, -0.2) is 15.1 Å². The molecule has 2 rings (SSSR count). The SMILES string of the molecule is Cc1nc(Sc2ccc(C(C)O)c(Br)c2)nc(C)c1C. The molecule has 0 aliphatic rings. The van der Waals surface area contributed by atoms with Gasteiger partial charge in [0, 0.05) is 20.8 Å². The van der Waals surface area contributed by atoms with Crippen LogP contribution in [0.25, 0.3) is 0 Å². The molecule has 0 aliphatic heterocycles. The molecule has 3 nitrogen and oxygen atoms in total. The maximum Gasteiger partial charge on any atom is 0.192 e. The maximum atomic E-state index is 9.63. The fourth-order valence-corrected chi connectivity index (χ4v) is 3.55. The molecular weight excluding hydrogens is 336 g/mol. The number of aliphatic hydroxyl groups excluding tert-OH is 1. The van der Waals surface area contributed by atoms with Crippen LogP contribution < -0.4 is 0 Å². The van der Waals surface area contributed by atoms with E-state index in [2.05, 4.69) is 25.9 Å². The fourth-order valence-electron chi connectivity index (χ4n) is 1.80. The van der Waals surface area contributed by atoms with E-state index in [0.29, 0.717) is 0 Å². The van der Waals surface area contributed by atoms with Crippen molar-refractivity contribution in [2.24, 2.45) is 0 Å². The largest absolute Gasteiger partial charge is 0.389 e. The zero-order chi connectivity index (χ0) is 14.9. The van der Waals surface area contributed by atoms with Gasteiger partial charge in [0.1, 0.15) is 0 Å². The lowest BCUT2D eigenvalue weighted by Crippen LogP contribution is -1.98. The average molecular weight is 353 g/mol. The Morgan fingerprint density at radius 3 is 2.25 bits per heavy atom. The summed E-state index contributed by atoms with van der Waals surface area (Å²) in [6, 6.07) is 5.89. The lowest BCUT2D eigenvalue weighted by molar-refractivity contribution is 0.198. The molecule has 20 heavy (non-hydrogen) atoms. The number of rotatable bonds is 3. The van der Waals surface area contributed by atoms with E-state index >= 15 is 0 Å². The molecule has 0 saturated heterocycles. The van der Waals surface area contributed by atoms with E-state index in [1.165, 1.54) is 11.8 Å². The number of halogens is 1. The highest BCUT2D eigenvalue weighted by Crippen LogP contribution is 2.31. The zero-order valence-electron chi connectivity index (χ0n) is 11.9. The van der Waals surface area contributed by atoms with E-state index in [4.69, 9.17) is 0 Å². The van der Waals surface area contributed by atoms with Crippen molar-refractivity contribution in [1.82, 2.24) is 9.97 Å². The Labute approximate surface area is 132 Å². The third-order valence-corrected chi connectivity index (χ3v) is 4.78. The van der Waals surface area contributed by atoms with Crippen molar-refractivity contribution in [3.8, 4) is 0 Å². The number of hydrogen-bond donors (Lipinski definition) is 1. The summed E-state index contributed by atoms with van der Waals surface area (Å²) in [5.74, 6) is 0. The predicted octanol–water partition coefficient (Wildman–Crippen LogP) is 4.37. The van der Waals surface area contributed by atoms with Crippen LogP contribution in [0.2, 0.25) is 0 Å². The van der Waals surface area contributed by atoms with Crippen molar-refractivity contribution in [2.75, 3.05) is 0 Å². The molecule has 1 aromatic carbocycles. The molecule has 0 fully saturated rings. The molecule has 0 saturated carbocycles. The van der Waals surface area contributed by atoms with Crippen LogP contribution in [0.4, 0.5) is 0 Å². The van der Waals surface area contributed by atoms with Gasteiger partial charge in [-0.05, 0) is 62.7 Å². The Morgan fingerprint density at radius 2 is 1.75 bits per heavy atom. The van der Waals surface area contributed by atoms with Crippen LogP contribution in [0.15, 0.2) is 32.7 Å². The third-order valence-electron chi connectivity index (χ3n) is 3.24. The summed E-state index contributed by atoms with van der Waals surface area (Å²) < 4.78 is 0.901. The molecule has 106 valence electrons. The average Bonchev–Trinajstić information content (AvgIpc) is 2.35. The Morgan fingerprint density at radius 1 is 1.15 bits per heavy atom. The Bertz CT molecular complexity index is 621. The maximum absolute atomic E-state index is 9.63. The number of aliphatic hydroxyl groups is 1. The van der Waals surface area contributed by atoms with Gasteiger partial charge in [0.05, 0.1) is 6.10 Å². The van der Waals surface area contributed by atoms with Gasteiger partial charge >= 0.3 is 0 Å². The quantitative estimate of drug-likeness (QED) is 0.833. The zero-order valence-corrected chi connectivity index (χ0v) is 14.3. The van der Waals surface area contributed by atoms with E-state index in [9.17, 15) is 5.11 Å². The number of benzene rings is 1. The van der Waals surface area contributed by atoms with Gasteiger partial charge < -0.3 is 5.11 Å². The van der Waals surface area contributed by atoms with Crippen molar-refractivity contribution in [2.45, 2.75) is 43.9 Å². The first-order valence-corrected chi connectivity index (χ1v) is 7.96. The standard InChI is InChI=1S/C15H17BrN2OS/c1-8-9(2)17-15(18-10(8)3)20-12-5-6-13(11(4)19)14(16)7-12/h5-7,11,19H,1-4H3. The molecule has 1 unspecified atom stereocenters. The molecule has 5 heteroatoms.